The number of piperazine rings is 1. The number of hydrogen-bond acceptors (Lipinski definition) is 5. The van der Waals surface area contributed by atoms with Crippen molar-refractivity contribution in [3.63, 3.8) is 0 Å². The average molecular weight is 414 g/mol. The van der Waals surface area contributed by atoms with Crippen molar-refractivity contribution in [2.24, 2.45) is 0 Å². The smallest absolute Gasteiger partial charge is 0.233 e. The third-order valence-electron chi connectivity index (χ3n) is 4.68. The summed E-state index contributed by atoms with van der Waals surface area (Å²) in [5, 5.41) is 1.45. The molecule has 3 heterocycles. The van der Waals surface area contributed by atoms with E-state index in [9.17, 15) is 4.79 Å². The van der Waals surface area contributed by atoms with Gasteiger partial charge in [0.1, 0.15) is 0 Å². The van der Waals surface area contributed by atoms with Crippen molar-refractivity contribution in [2.45, 2.75) is 5.16 Å². The van der Waals surface area contributed by atoms with Crippen LogP contribution in [0.5, 0.6) is 0 Å². The van der Waals surface area contributed by atoms with Gasteiger partial charge in [-0.25, -0.2) is 4.98 Å². The van der Waals surface area contributed by atoms with Gasteiger partial charge in [-0.2, -0.15) is 0 Å². The summed E-state index contributed by atoms with van der Waals surface area (Å²) in [6, 6.07) is 11.6. The number of carbonyl (C=O) groups is 1. The van der Waals surface area contributed by atoms with Gasteiger partial charge in [-0.15, -0.1) is 0 Å². The summed E-state index contributed by atoms with van der Waals surface area (Å²) >= 11 is 7.54. The van der Waals surface area contributed by atoms with E-state index in [1.807, 2.05) is 52.1 Å². The molecule has 0 N–H and O–H groups in total. The zero-order valence-electron chi connectivity index (χ0n) is 15.2. The highest BCUT2D eigenvalue weighted by atomic mass is 35.5. The molecular weight excluding hydrogens is 394 g/mol. The van der Waals surface area contributed by atoms with E-state index in [1.165, 1.54) is 11.8 Å². The van der Waals surface area contributed by atoms with Crippen molar-refractivity contribution in [3.8, 4) is 5.69 Å². The van der Waals surface area contributed by atoms with Crippen LogP contribution < -0.4 is 4.90 Å². The Morgan fingerprint density at radius 2 is 1.82 bits per heavy atom. The van der Waals surface area contributed by atoms with E-state index < -0.39 is 0 Å². The van der Waals surface area contributed by atoms with Crippen LogP contribution in [0, 0.1) is 0 Å². The van der Waals surface area contributed by atoms with Gasteiger partial charge >= 0.3 is 0 Å². The number of halogens is 1. The number of nitrogens with zero attached hydrogens (tertiary/aromatic N) is 5. The Kier molecular flexibility index (Phi) is 5.83. The molecule has 0 radical (unpaired) electrons. The van der Waals surface area contributed by atoms with Crippen LogP contribution >= 0.6 is 23.4 Å². The zero-order chi connectivity index (χ0) is 19.3. The van der Waals surface area contributed by atoms with E-state index in [-0.39, 0.29) is 5.91 Å². The summed E-state index contributed by atoms with van der Waals surface area (Å²) < 4.78 is 1.95. The maximum atomic E-state index is 12.7. The molecule has 4 rings (SSSR count). The predicted molar refractivity (Wildman–Crippen MR) is 112 cm³/mol. The lowest BCUT2D eigenvalue weighted by atomic mass is 10.2. The van der Waals surface area contributed by atoms with Gasteiger partial charge in [-0.1, -0.05) is 29.4 Å². The van der Waals surface area contributed by atoms with Gasteiger partial charge in [-0.05, 0) is 30.3 Å². The highest BCUT2D eigenvalue weighted by Crippen LogP contribution is 2.23. The maximum Gasteiger partial charge on any atom is 0.233 e. The molecule has 28 heavy (non-hydrogen) atoms. The average Bonchev–Trinajstić information content (AvgIpc) is 3.21. The number of hydrogen-bond donors (Lipinski definition) is 0. The fourth-order valence-electron chi connectivity index (χ4n) is 3.21. The van der Waals surface area contributed by atoms with Crippen LogP contribution in [-0.2, 0) is 4.79 Å². The van der Waals surface area contributed by atoms with E-state index in [4.69, 9.17) is 11.6 Å². The van der Waals surface area contributed by atoms with E-state index in [2.05, 4.69) is 14.9 Å². The molecule has 0 atom stereocenters. The van der Waals surface area contributed by atoms with Crippen LogP contribution in [0.3, 0.4) is 0 Å². The number of amides is 1. The summed E-state index contributed by atoms with van der Waals surface area (Å²) in [5.41, 5.74) is 2.09. The summed E-state index contributed by atoms with van der Waals surface area (Å²) in [4.78, 5) is 25.3. The Bertz CT molecular complexity index is 941. The first kappa shape index (κ1) is 18.8. The van der Waals surface area contributed by atoms with Crippen LogP contribution in [0.4, 0.5) is 5.69 Å². The van der Waals surface area contributed by atoms with E-state index in [0.29, 0.717) is 10.8 Å². The second-order valence-corrected chi connectivity index (χ2v) is 7.80. The molecule has 0 aliphatic carbocycles. The SMILES string of the molecule is O=C(CSc1nccn1-c1cccc(Cl)c1)N1CCN(c2ccncc2)CC1. The molecule has 0 saturated carbocycles. The first-order valence-electron chi connectivity index (χ1n) is 9.05. The third kappa shape index (κ3) is 4.31. The molecular formula is C20H20ClN5OS. The quantitative estimate of drug-likeness (QED) is 0.600. The lowest BCUT2D eigenvalue weighted by Gasteiger charge is -2.36. The fourth-order valence-corrected chi connectivity index (χ4v) is 4.27. The Morgan fingerprint density at radius 1 is 1.04 bits per heavy atom. The summed E-state index contributed by atoms with van der Waals surface area (Å²) in [6.45, 7) is 3.12. The van der Waals surface area contributed by atoms with Crippen LogP contribution in [0.25, 0.3) is 5.69 Å². The van der Waals surface area contributed by atoms with Gasteiger partial charge in [0.05, 0.1) is 5.75 Å². The molecule has 1 saturated heterocycles. The molecule has 1 amide bonds. The third-order valence-corrected chi connectivity index (χ3v) is 5.86. The van der Waals surface area contributed by atoms with Crippen LogP contribution in [0.2, 0.25) is 5.02 Å². The molecule has 1 fully saturated rings. The minimum atomic E-state index is 0.139. The first-order valence-corrected chi connectivity index (χ1v) is 10.4. The number of benzene rings is 1. The second kappa shape index (κ2) is 8.67. The van der Waals surface area contributed by atoms with Gasteiger partial charge in [-0.3, -0.25) is 14.3 Å². The zero-order valence-corrected chi connectivity index (χ0v) is 16.8. The van der Waals surface area contributed by atoms with Crippen LogP contribution in [0.15, 0.2) is 66.3 Å². The monoisotopic (exact) mass is 413 g/mol. The lowest BCUT2D eigenvalue weighted by Crippen LogP contribution is -2.49. The standard InChI is InChI=1S/C20H20ClN5OS/c21-16-2-1-3-18(14-16)26-9-8-23-20(26)28-15-19(27)25-12-10-24(11-13-25)17-4-6-22-7-5-17/h1-9,14H,10-13,15H2. The topological polar surface area (TPSA) is 54.3 Å². The number of aromatic nitrogens is 3. The molecule has 0 spiro atoms. The van der Waals surface area contributed by atoms with Crippen molar-refractivity contribution >= 4 is 35.0 Å². The van der Waals surface area contributed by atoms with Crippen molar-refractivity contribution < 1.29 is 4.79 Å². The number of imidazole rings is 1. The van der Waals surface area contributed by atoms with Gasteiger partial charge < -0.3 is 9.80 Å². The summed E-state index contributed by atoms with van der Waals surface area (Å²) in [7, 11) is 0. The molecule has 0 bridgehead atoms. The van der Waals surface area contributed by atoms with Crippen molar-refractivity contribution in [2.75, 3.05) is 36.8 Å². The van der Waals surface area contributed by atoms with Gasteiger partial charge in [0.15, 0.2) is 5.16 Å². The predicted octanol–water partition coefficient (Wildman–Crippen LogP) is 3.36. The molecule has 0 unspecified atom stereocenters. The number of rotatable bonds is 5. The Balaban J connectivity index is 1.33. The molecule has 6 nitrogen and oxygen atoms in total. The molecule has 3 aromatic rings. The van der Waals surface area contributed by atoms with Gasteiger partial charge in [0, 0.05) is 67.4 Å². The molecule has 1 aromatic carbocycles. The minimum absolute atomic E-state index is 0.139. The minimum Gasteiger partial charge on any atom is -0.368 e. The van der Waals surface area contributed by atoms with Crippen molar-refractivity contribution in [3.05, 3.63) is 66.2 Å². The molecule has 1 aliphatic heterocycles. The van der Waals surface area contributed by atoms with Gasteiger partial charge in [0.2, 0.25) is 5.91 Å². The summed E-state index contributed by atoms with van der Waals surface area (Å²) in [5.74, 6) is 0.507. The van der Waals surface area contributed by atoms with E-state index in [1.54, 1.807) is 18.6 Å². The number of carbonyl (C=O) groups excluding carboxylic acids is 1. The molecule has 1 aliphatic rings. The Morgan fingerprint density at radius 3 is 2.57 bits per heavy atom. The van der Waals surface area contributed by atoms with Crippen LogP contribution in [-0.4, -0.2) is 57.3 Å². The number of pyridine rings is 1. The Labute approximate surface area is 173 Å². The summed E-state index contributed by atoms with van der Waals surface area (Å²) in [6.07, 6.45) is 7.21. The Hall–Kier alpha value is -2.51. The van der Waals surface area contributed by atoms with Crippen molar-refractivity contribution in [1.82, 2.24) is 19.4 Å². The maximum absolute atomic E-state index is 12.7. The number of thioether (sulfide) groups is 1. The normalized spacial score (nSPS) is 14.3. The van der Waals surface area contributed by atoms with E-state index in [0.717, 1.165) is 42.7 Å². The first-order chi connectivity index (χ1) is 13.7. The van der Waals surface area contributed by atoms with Gasteiger partial charge in [0.25, 0.3) is 0 Å². The lowest BCUT2D eigenvalue weighted by molar-refractivity contribution is -0.128. The largest absolute Gasteiger partial charge is 0.368 e. The van der Waals surface area contributed by atoms with Crippen molar-refractivity contribution in [1.29, 1.82) is 0 Å². The molecule has 144 valence electrons. The van der Waals surface area contributed by atoms with E-state index >= 15 is 0 Å². The second-order valence-electron chi connectivity index (χ2n) is 6.42. The highest BCUT2D eigenvalue weighted by Gasteiger charge is 2.22. The molecule has 2 aromatic heterocycles. The fraction of sp³-hybridized carbons (Fsp3) is 0.250. The number of anilines is 1. The van der Waals surface area contributed by atoms with Crippen LogP contribution in [0.1, 0.15) is 0 Å². The molecule has 8 heteroatoms. The highest BCUT2D eigenvalue weighted by molar-refractivity contribution is 7.99.